The first-order valence-electron chi connectivity index (χ1n) is 7.64. The van der Waals surface area contributed by atoms with Gasteiger partial charge in [0.25, 0.3) is 0 Å². The number of amides is 2. The molecule has 0 spiro atoms. The molecule has 136 valence electrons. The maximum atomic E-state index is 12.3. The van der Waals surface area contributed by atoms with Crippen LogP contribution in [0.3, 0.4) is 0 Å². The van der Waals surface area contributed by atoms with E-state index < -0.39 is 10.0 Å². The molecule has 2 N–H and O–H groups in total. The molecule has 2 amide bonds. The zero-order chi connectivity index (χ0) is 18.6. The van der Waals surface area contributed by atoms with Gasteiger partial charge in [-0.2, -0.15) is 0 Å². The fourth-order valence-corrected chi connectivity index (χ4v) is 3.42. The largest absolute Gasteiger partial charge is 0.331 e. The first-order chi connectivity index (χ1) is 11.6. The maximum Gasteiger partial charge on any atom is 0.317 e. The second-order valence-corrected chi connectivity index (χ2v) is 8.70. The minimum atomic E-state index is -3.34. The van der Waals surface area contributed by atoms with Crippen LogP contribution in [-0.2, 0) is 16.6 Å². The maximum absolute atomic E-state index is 12.3. The van der Waals surface area contributed by atoms with Crippen LogP contribution in [0.1, 0.15) is 29.2 Å². The number of aromatic nitrogens is 1. The standard InChI is InChI=1S/C16H22N4O3S2/c1-11(13-6-5-7-14(8-13)19-25(4,22)23)17-16(21)20(3)9-15-10-24-12(2)18-15/h5-8,10-11,19H,9H2,1-4H3,(H,17,21). The molecule has 1 atom stereocenters. The third-order valence-electron chi connectivity index (χ3n) is 3.44. The molecule has 0 aliphatic carbocycles. The summed E-state index contributed by atoms with van der Waals surface area (Å²) in [7, 11) is -1.63. The van der Waals surface area contributed by atoms with Gasteiger partial charge in [-0.15, -0.1) is 11.3 Å². The van der Waals surface area contributed by atoms with Gasteiger partial charge in [-0.3, -0.25) is 4.72 Å². The van der Waals surface area contributed by atoms with Crippen molar-refractivity contribution in [1.82, 2.24) is 15.2 Å². The predicted octanol–water partition coefficient (Wildman–Crippen LogP) is 2.73. The average Bonchev–Trinajstić information content (AvgIpc) is 2.90. The van der Waals surface area contributed by atoms with E-state index in [9.17, 15) is 13.2 Å². The van der Waals surface area contributed by atoms with Gasteiger partial charge in [0, 0.05) is 18.1 Å². The van der Waals surface area contributed by atoms with E-state index in [1.807, 2.05) is 25.3 Å². The highest BCUT2D eigenvalue weighted by Gasteiger charge is 2.15. The number of nitrogens with zero attached hydrogens (tertiary/aromatic N) is 2. The number of rotatable bonds is 6. The molecule has 2 rings (SSSR count). The van der Waals surface area contributed by atoms with Gasteiger partial charge >= 0.3 is 6.03 Å². The fourth-order valence-electron chi connectivity index (χ4n) is 2.26. The van der Waals surface area contributed by atoms with Gasteiger partial charge in [0.1, 0.15) is 0 Å². The monoisotopic (exact) mass is 382 g/mol. The van der Waals surface area contributed by atoms with E-state index >= 15 is 0 Å². The van der Waals surface area contributed by atoms with Gasteiger partial charge in [-0.25, -0.2) is 18.2 Å². The number of benzene rings is 1. The highest BCUT2D eigenvalue weighted by molar-refractivity contribution is 7.92. The van der Waals surface area contributed by atoms with E-state index in [2.05, 4.69) is 15.0 Å². The van der Waals surface area contributed by atoms with Crippen molar-refractivity contribution in [3.8, 4) is 0 Å². The molecule has 1 heterocycles. The molecule has 0 saturated carbocycles. The molecule has 2 aromatic rings. The second-order valence-electron chi connectivity index (χ2n) is 5.88. The summed E-state index contributed by atoms with van der Waals surface area (Å²) in [6.07, 6.45) is 1.10. The predicted molar refractivity (Wildman–Crippen MR) is 100 cm³/mol. The number of anilines is 1. The van der Waals surface area contributed by atoms with Gasteiger partial charge in [0.05, 0.1) is 29.5 Å². The molecule has 0 aliphatic rings. The molecule has 0 bridgehead atoms. The molecule has 0 fully saturated rings. The highest BCUT2D eigenvalue weighted by Crippen LogP contribution is 2.18. The zero-order valence-corrected chi connectivity index (χ0v) is 16.2. The molecule has 1 aromatic heterocycles. The number of urea groups is 1. The number of nitrogens with one attached hydrogen (secondary N) is 2. The summed E-state index contributed by atoms with van der Waals surface area (Å²) in [5.74, 6) is 0. The van der Waals surface area contributed by atoms with Gasteiger partial charge in [-0.1, -0.05) is 12.1 Å². The van der Waals surface area contributed by atoms with E-state index in [4.69, 9.17) is 0 Å². The summed E-state index contributed by atoms with van der Waals surface area (Å²) < 4.78 is 25.1. The summed E-state index contributed by atoms with van der Waals surface area (Å²) in [6, 6.07) is 6.45. The summed E-state index contributed by atoms with van der Waals surface area (Å²) >= 11 is 1.55. The van der Waals surface area contributed by atoms with Gasteiger partial charge in [-0.05, 0) is 31.5 Å². The molecule has 7 nitrogen and oxygen atoms in total. The molecule has 0 radical (unpaired) electrons. The Kier molecular flexibility index (Phi) is 6.02. The van der Waals surface area contributed by atoms with Gasteiger partial charge in [0.2, 0.25) is 10.0 Å². The van der Waals surface area contributed by atoms with E-state index in [0.29, 0.717) is 12.2 Å². The normalized spacial score (nSPS) is 12.5. The van der Waals surface area contributed by atoms with Crippen LogP contribution in [0.2, 0.25) is 0 Å². The topological polar surface area (TPSA) is 91.4 Å². The summed E-state index contributed by atoms with van der Waals surface area (Å²) in [5, 5.41) is 5.80. The van der Waals surface area contributed by atoms with Crippen molar-refractivity contribution >= 4 is 33.1 Å². The van der Waals surface area contributed by atoms with Crippen LogP contribution < -0.4 is 10.0 Å². The summed E-state index contributed by atoms with van der Waals surface area (Å²) in [4.78, 5) is 18.2. The van der Waals surface area contributed by atoms with Crippen LogP contribution in [0.15, 0.2) is 29.6 Å². The lowest BCUT2D eigenvalue weighted by Crippen LogP contribution is -2.38. The minimum absolute atomic E-state index is 0.223. The first-order valence-corrected chi connectivity index (χ1v) is 10.4. The average molecular weight is 383 g/mol. The molecule has 0 aliphatic heterocycles. The van der Waals surface area contributed by atoms with Crippen LogP contribution in [0.25, 0.3) is 0 Å². The number of hydrogen-bond acceptors (Lipinski definition) is 5. The molecule has 25 heavy (non-hydrogen) atoms. The van der Waals surface area contributed by atoms with Gasteiger partial charge < -0.3 is 10.2 Å². The van der Waals surface area contributed by atoms with Crippen LogP contribution in [-0.4, -0.2) is 37.6 Å². The quantitative estimate of drug-likeness (QED) is 0.804. The first kappa shape index (κ1) is 19.2. The summed E-state index contributed by atoms with van der Waals surface area (Å²) in [6.45, 7) is 4.20. The van der Waals surface area contributed by atoms with Crippen molar-refractivity contribution in [2.75, 3.05) is 18.0 Å². The lowest BCUT2D eigenvalue weighted by molar-refractivity contribution is 0.203. The number of sulfonamides is 1. The van der Waals surface area contributed by atoms with Crippen molar-refractivity contribution in [2.24, 2.45) is 0 Å². The smallest absolute Gasteiger partial charge is 0.317 e. The highest BCUT2D eigenvalue weighted by atomic mass is 32.2. The number of thiazole rings is 1. The number of hydrogen-bond donors (Lipinski definition) is 2. The summed E-state index contributed by atoms with van der Waals surface area (Å²) in [5.41, 5.74) is 2.12. The Bertz CT molecular complexity index is 849. The molecule has 1 unspecified atom stereocenters. The Morgan fingerprint density at radius 3 is 2.72 bits per heavy atom. The number of carbonyl (C=O) groups excluding carboxylic acids is 1. The zero-order valence-electron chi connectivity index (χ0n) is 14.6. The third kappa shape index (κ3) is 6.02. The lowest BCUT2D eigenvalue weighted by Gasteiger charge is -2.21. The number of aryl methyl sites for hydroxylation is 1. The second kappa shape index (κ2) is 7.83. The Labute approximate surface area is 152 Å². The molecular weight excluding hydrogens is 360 g/mol. The molecule has 1 aromatic carbocycles. The van der Waals surface area contributed by atoms with E-state index in [-0.39, 0.29) is 12.1 Å². The fraction of sp³-hybridized carbons (Fsp3) is 0.375. The van der Waals surface area contributed by atoms with Gasteiger partial charge in [0.15, 0.2) is 0 Å². The number of carbonyl (C=O) groups is 1. The molecule has 0 saturated heterocycles. The van der Waals surface area contributed by atoms with Crippen LogP contribution in [0.5, 0.6) is 0 Å². The Hall–Kier alpha value is -2.13. The van der Waals surface area contributed by atoms with Crippen molar-refractivity contribution in [1.29, 1.82) is 0 Å². The van der Waals surface area contributed by atoms with E-state index in [1.54, 1.807) is 41.5 Å². The van der Waals surface area contributed by atoms with Crippen LogP contribution >= 0.6 is 11.3 Å². The minimum Gasteiger partial charge on any atom is -0.331 e. The molecule has 9 heteroatoms. The molecular formula is C16H22N4O3S2. The SMILES string of the molecule is Cc1nc(CN(C)C(=O)NC(C)c2cccc(NS(C)(=O)=O)c2)cs1. The van der Waals surface area contributed by atoms with Crippen molar-refractivity contribution < 1.29 is 13.2 Å². The van der Waals surface area contributed by atoms with E-state index in [0.717, 1.165) is 22.5 Å². The lowest BCUT2D eigenvalue weighted by atomic mass is 10.1. The van der Waals surface area contributed by atoms with Crippen molar-refractivity contribution in [3.05, 3.63) is 45.9 Å². The Balaban J connectivity index is 1.99. The van der Waals surface area contributed by atoms with Crippen molar-refractivity contribution in [2.45, 2.75) is 26.4 Å². The van der Waals surface area contributed by atoms with Crippen molar-refractivity contribution in [3.63, 3.8) is 0 Å². The van der Waals surface area contributed by atoms with Crippen LogP contribution in [0, 0.1) is 6.92 Å². The Morgan fingerprint density at radius 2 is 2.12 bits per heavy atom. The van der Waals surface area contributed by atoms with Crippen LogP contribution in [0.4, 0.5) is 10.5 Å². The third-order valence-corrected chi connectivity index (χ3v) is 4.87. The van der Waals surface area contributed by atoms with E-state index in [1.165, 1.54) is 0 Å². The Morgan fingerprint density at radius 1 is 1.40 bits per heavy atom.